The Labute approximate surface area is 115 Å². The van der Waals surface area contributed by atoms with Crippen molar-refractivity contribution in [1.29, 1.82) is 0 Å². The summed E-state index contributed by atoms with van der Waals surface area (Å²) in [6, 6.07) is 0. The largest absolute Gasteiger partial charge is 0.481 e. The molecule has 0 heterocycles. The molecule has 112 valence electrons. The lowest BCUT2D eigenvalue weighted by atomic mass is 9.53. The van der Waals surface area contributed by atoms with Crippen molar-refractivity contribution >= 4 is 23.9 Å². The van der Waals surface area contributed by atoms with Crippen molar-refractivity contribution in [1.82, 2.24) is 0 Å². The minimum Gasteiger partial charge on any atom is -0.481 e. The van der Waals surface area contributed by atoms with Crippen LogP contribution in [-0.2, 0) is 19.2 Å². The fourth-order valence-corrected chi connectivity index (χ4v) is 3.41. The number of aliphatic carboxylic acids is 4. The number of carboxylic acid groups (broad SMARTS) is 4. The third-order valence-corrected chi connectivity index (χ3v) is 4.13. The smallest absolute Gasteiger partial charge is 0.308 e. The van der Waals surface area contributed by atoms with E-state index >= 15 is 0 Å². The highest BCUT2D eigenvalue weighted by molar-refractivity contribution is 5.88. The topological polar surface area (TPSA) is 149 Å². The lowest BCUT2D eigenvalue weighted by Crippen LogP contribution is -2.57. The maximum absolute atomic E-state index is 11.3. The molecule has 0 aromatic carbocycles. The van der Waals surface area contributed by atoms with Crippen LogP contribution < -0.4 is 0 Å². The predicted octanol–water partition coefficient (Wildman–Crippen LogP) is 0.0974. The number of rotatable bonds is 4. The standard InChI is InChI=1S/C12H12O8.2H2/c13-9(14)5-3-1-2-4(7(5)11(17)18)8(12(19)20)6(3)10(15)16;;/h1-8H,(H,13,14)(H,15,16)(H,17,18)(H,19,20);2*1H. The monoisotopic (exact) mass is 288 g/mol. The Kier molecular flexibility index (Phi) is 3.24. The van der Waals surface area contributed by atoms with E-state index in [9.17, 15) is 19.2 Å². The molecule has 0 radical (unpaired) electrons. The van der Waals surface area contributed by atoms with Crippen molar-refractivity contribution in [2.24, 2.45) is 35.5 Å². The van der Waals surface area contributed by atoms with Gasteiger partial charge in [-0.1, -0.05) is 12.2 Å². The van der Waals surface area contributed by atoms with Gasteiger partial charge in [-0.25, -0.2) is 0 Å². The molecule has 1 saturated carbocycles. The number of fused-ring (bicyclic) bond motifs is 2. The van der Waals surface area contributed by atoms with Crippen LogP contribution in [0.1, 0.15) is 2.85 Å². The Morgan fingerprint density at radius 1 is 0.600 bits per heavy atom. The van der Waals surface area contributed by atoms with E-state index in [0.29, 0.717) is 0 Å². The SMILES string of the molecule is O=C(O)C1C2C=CC(C1C(=O)O)C(C(=O)O)C2C(=O)O.[HH].[HH]. The summed E-state index contributed by atoms with van der Waals surface area (Å²) >= 11 is 0. The van der Waals surface area contributed by atoms with E-state index in [-0.39, 0.29) is 2.85 Å². The van der Waals surface area contributed by atoms with Crippen molar-refractivity contribution in [3.05, 3.63) is 12.2 Å². The van der Waals surface area contributed by atoms with Crippen LogP contribution in [0.4, 0.5) is 0 Å². The lowest BCUT2D eigenvalue weighted by molar-refractivity contribution is -0.178. The molecule has 0 amide bonds. The first kappa shape index (κ1) is 14.0. The average molecular weight is 288 g/mol. The second kappa shape index (κ2) is 4.62. The molecule has 1 fully saturated rings. The summed E-state index contributed by atoms with van der Waals surface area (Å²) in [6.07, 6.45) is 2.64. The first-order chi connectivity index (χ1) is 9.27. The molecule has 8 heteroatoms. The zero-order chi connectivity index (χ0) is 15.2. The summed E-state index contributed by atoms with van der Waals surface area (Å²) in [5.74, 6) is -13.7. The van der Waals surface area contributed by atoms with Gasteiger partial charge >= 0.3 is 23.9 Å². The first-order valence-corrected chi connectivity index (χ1v) is 5.87. The molecule has 4 N–H and O–H groups in total. The molecule has 4 atom stereocenters. The van der Waals surface area contributed by atoms with E-state index in [1.165, 1.54) is 12.2 Å². The van der Waals surface area contributed by atoms with Crippen LogP contribution >= 0.6 is 0 Å². The van der Waals surface area contributed by atoms with Gasteiger partial charge < -0.3 is 20.4 Å². The van der Waals surface area contributed by atoms with Gasteiger partial charge in [0.25, 0.3) is 0 Å². The normalized spacial score (nSPS) is 38.4. The third-order valence-electron chi connectivity index (χ3n) is 4.13. The fraction of sp³-hybridized carbons (Fsp3) is 0.500. The van der Waals surface area contributed by atoms with Gasteiger partial charge in [0, 0.05) is 14.7 Å². The molecule has 0 spiro atoms. The molecule has 20 heavy (non-hydrogen) atoms. The Bertz CT molecular complexity index is 445. The van der Waals surface area contributed by atoms with Gasteiger partial charge in [0.1, 0.15) is 0 Å². The number of hydrogen-bond donors (Lipinski definition) is 4. The van der Waals surface area contributed by atoms with Crippen molar-refractivity contribution in [3.8, 4) is 0 Å². The summed E-state index contributed by atoms with van der Waals surface area (Å²) in [4.78, 5) is 45.1. The maximum atomic E-state index is 11.3. The maximum Gasteiger partial charge on any atom is 0.308 e. The fourth-order valence-electron chi connectivity index (χ4n) is 3.41. The van der Waals surface area contributed by atoms with Crippen molar-refractivity contribution in [3.63, 3.8) is 0 Å². The van der Waals surface area contributed by atoms with E-state index in [0.717, 1.165) is 0 Å². The number of hydrogen-bond acceptors (Lipinski definition) is 4. The van der Waals surface area contributed by atoms with E-state index in [2.05, 4.69) is 0 Å². The quantitative estimate of drug-likeness (QED) is 0.532. The second-order valence-electron chi connectivity index (χ2n) is 5.00. The van der Waals surface area contributed by atoms with Crippen molar-refractivity contribution < 1.29 is 42.5 Å². The van der Waals surface area contributed by atoms with Crippen LogP contribution in [0.5, 0.6) is 0 Å². The summed E-state index contributed by atoms with van der Waals surface area (Å²) in [6.45, 7) is 0. The molecule has 3 aliphatic carbocycles. The van der Waals surface area contributed by atoms with Gasteiger partial charge in [0.15, 0.2) is 0 Å². The van der Waals surface area contributed by atoms with Crippen LogP contribution in [0, 0.1) is 35.5 Å². The molecule has 3 rings (SSSR count). The first-order valence-electron chi connectivity index (χ1n) is 5.87. The van der Waals surface area contributed by atoms with E-state index < -0.39 is 59.4 Å². The second-order valence-corrected chi connectivity index (χ2v) is 5.00. The van der Waals surface area contributed by atoms with Crippen LogP contribution in [0.2, 0.25) is 0 Å². The summed E-state index contributed by atoms with van der Waals surface area (Å²) < 4.78 is 0. The molecule has 0 saturated heterocycles. The molecular weight excluding hydrogens is 272 g/mol. The minimum atomic E-state index is -1.43. The van der Waals surface area contributed by atoms with Crippen LogP contribution in [0.3, 0.4) is 0 Å². The van der Waals surface area contributed by atoms with Gasteiger partial charge in [0.05, 0.1) is 23.7 Å². The molecular formula is C12H16O8. The van der Waals surface area contributed by atoms with Gasteiger partial charge in [-0.15, -0.1) is 0 Å². The Morgan fingerprint density at radius 3 is 0.950 bits per heavy atom. The minimum absolute atomic E-state index is 0. The van der Waals surface area contributed by atoms with Crippen LogP contribution in [0.15, 0.2) is 12.2 Å². The van der Waals surface area contributed by atoms with Crippen LogP contribution in [-0.4, -0.2) is 44.3 Å². The molecule has 3 aliphatic rings. The summed E-state index contributed by atoms with van der Waals surface area (Å²) in [5.41, 5.74) is 0. The number of carboxylic acids is 4. The van der Waals surface area contributed by atoms with E-state index in [4.69, 9.17) is 20.4 Å². The molecule has 0 aromatic heterocycles. The Morgan fingerprint density at radius 2 is 0.800 bits per heavy atom. The van der Waals surface area contributed by atoms with Gasteiger partial charge in [-0.05, 0) is 0 Å². The Hall–Kier alpha value is -2.38. The predicted molar refractivity (Wildman–Crippen MR) is 64.9 cm³/mol. The van der Waals surface area contributed by atoms with Gasteiger partial charge in [0.2, 0.25) is 0 Å². The third kappa shape index (κ3) is 1.84. The van der Waals surface area contributed by atoms with Crippen molar-refractivity contribution in [2.75, 3.05) is 0 Å². The lowest BCUT2D eigenvalue weighted by Gasteiger charge is -2.47. The highest BCUT2D eigenvalue weighted by Gasteiger charge is 2.61. The molecule has 0 aliphatic heterocycles. The zero-order valence-corrected chi connectivity index (χ0v) is 10.0. The average Bonchev–Trinajstić information content (AvgIpc) is 2.36. The zero-order valence-electron chi connectivity index (χ0n) is 10.0. The summed E-state index contributed by atoms with van der Waals surface area (Å²) in [5, 5.41) is 36.7. The van der Waals surface area contributed by atoms with E-state index in [1.807, 2.05) is 0 Å². The molecule has 4 unspecified atom stereocenters. The molecule has 8 nitrogen and oxygen atoms in total. The Balaban J connectivity index is 0.00000220. The highest BCUT2D eigenvalue weighted by atomic mass is 16.4. The van der Waals surface area contributed by atoms with E-state index in [1.54, 1.807) is 0 Å². The molecule has 2 bridgehead atoms. The van der Waals surface area contributed by atoms with Crippen molar-refractivity contribution in [2.45, 2.75) is 0 Å². The van der Waals surface area contributed by atoms with Gasteiger partial charge in [-0.2, -0.15) is 0 Å². The highest BCUT2D eigenvalue weighted by Crippen LogP contribution is 2.51. The summed E-state index contributed by atoms with van der Waals surface area (Å²) in [7, 11) is 0. The molecule has 0 aromatic rings. The van der Waals surface area contributed by atoms with Crippen LogP contribution in [0.25, 0.3) is 0 Å². The number of carbonyl (C=O) groups is 4. The van der Waals surface area contributed by atoms with Gasteiger partial charge in [-0.3, -0.25) is 19.2 Å². The number of allylic oxidation sites excluding steroid dienone is 2.